The molecule has 0 saturated heterocycles. The van der Waals surface area contributed by atoms with Gasteiger partial charge in [0.05, 0.1) is 12.7 Å². The van der Waals surface area contributed by atoms with Crippen LogP contribution in [0.4, 0.5) is 13.2 Å². The van der Waals surface area contributed by atoms with Gasteiger partial charge in [-0.05, 0) is 13.8 Å². The van der Waals surface area contributed by atoms with Crippen molar-refractivity contribution in [1.82, 2.24) is 4.57 Å². The van der Waals surface area contributed by atoms with Gasteiger partial charge in [-0.25, -0.2) is 4.79 Å². The van der Waals surface area contributed by atoms with E-state index in [1.807, 2.05) is 0 Å². The van der Waals surface area contributed by atoms with Gasteiger partial charge >= 0.3 is 12.1 Å². The predicted molar refractivity (Wildman–Crippen MR) is 57.2 cm³/mol. The van der Waals surface area contributed by atoms with Gasteiger partial charge in [0, 0.05) is 24.0 Å². The fraction of sp³-hybridized carbons (Fsp3) is 0.545. The van der Waals surface area contributed by atoms with Crippen LogP contribution in [-0.4, -0.2) is 28.9 Å². The molecule has 1 aromatic rings. The maximum absolute atomic E-state index is 12.6. The standard InChI is InChI=1S/C11H14F3NO3/c1-5-7(9(16)11(12,13)14)8(10(17)18-4)6(2)15(5)3/h9,16H,1-4H3/t9-/m0/s1. The van der Waals surface area contributed by atoms with Gasteiger partial charge in [0.25, 0.3) is 0 Å². The maximum Gasteiger partial charge on any atom is 0.418 e. The quantitative estimate of drug-likeness (QED) is 0.832. The van der Waals surface area contributed by atoms with E-state index in [4.69, 9.17) is 0 Å². The largest absolute Gasteiger partial charge is 0.465 e. The Morgan fingerprint density at radius 3 is 2.22 bits per heavy atom. The van der Waals surface area contributed by atoms with Gasteiger partial charge in [0.15, 0.2) is 6.10 Å². The number of rotatable bonds is 2. The van der Waals surface area contributed by atoms with E-state index in [9.17, 15) is 23.1 Å². The number of aromatic nitrogens is 1. The molecule has 1 atom stereocenters. The molecule has 1 heterocycles. The van der Waals surface area contributed by atoms with Crippen LogP contribution in [0.2, 0.25) is 0 Å². The van der Waals surface area contributed by atoms with Crippen LogP contribution in [-0.2, 0) is 11.8 Å². The number of hydrogen-bond donors (Lipinski definition) is 1. The molecule has 0 aliphatic heterocycles. The Balaban J connectivity index is 3.52. The lowest BCUT2D eigenvalue weighted by Gasteiger charge is -2.16. The van der Waals surface area contributed by atoms with Crippen LogP contribution in [0.25, 0.3) is 0 Å². The normalized spacial score (nSPS) is 13.6. The van der Waals surface area contributed by atoms with Crippen molar-refractivity contribution in [2.45, 2.75) is 26.1 Å². The summed E-state index contributed by atoms with van der Waals surface area (Å²) in [6.45, 7) is 2.90. The minimum absolute atomic E-state index is 0.178. The Kier molecular flexibility index (Phi) is 3.75. The van der Waals surface area contributed by atoms with Crippen LogP contribution in [0.15, 0.2) is 0 Å². The van der Waals surface area contributed by atoms with Crippen molar-refractivity contribution in [2.24, 2.45) is 7.05 Å². The Morgan fingerprint density at radius 1 is 1.33 bits per heavy atom. The van der Waals surface area contributed by atoms with Gasteiger partial charge in [0.1, 0.15) is 0 Å². The minimum Gasteiger partial charge on any atom is -0.465 e. The first-order valence-electron chi connectivity index (χ1n) is 5.11. The molecule has 7 heteroatoms. The molecule has 18 heavy (non-hydrogen) atoms. The maximum atomic E-state index is 12.6. The number of carbonyl (C=O) groups is 1. The Morgan fingerprint density at radius 2 is 1.83 bits per heavy atom. The molecule has 102 valence electrons. The number of ether oxygens (including phenoxy) is 1. The summed E-state index contributed by atoms with van der Waals surface area (Å²) in [5.41, 5.74) is -0.188. The molecule has 0 fully saturated rings. The summed E-state index contributed by atoms with van der Waals surface area (Å²) < 4.78 is 43.6. The predicted octanol–water partition coefficient (Wildman–Crippen LogP) is 2.02. The van der Waals surface area contributed by atoms with Crippen LogP contribution >= 0.6 is 0 Å². The van der Waals surface area contributed by atoms with Crippen molar-refractivity contribution >= 4 is 5.97 Å². The number of hydrogen-bond acceptors (Lipinski definition) is 3. The van der Waals surface area contributed by atoms with E-state index >= 15 is 0 Å². The highest BCUT2D eigenvalue weighted by Gasteiger charge is 2.43. The third kappa shape index (κ3) is 2.22. The molecule has 0 aromatic carbocycles. The molecule has 0 bridgehead atoms. The monoisotopic (exact) mass is 265 g/mol. The van der Waals surface area contributed by atoms with Gasteiger partial charge in [-0.15, -0.1) is 0 Å². The molecule has 0 saturated carbocycles. The van der Waals surface area contributed by atoms with E-state index in [0.29, 0.717) is 5.69 Å². The Bertz CT molecular complexity index is 477. The first kappa shape index (κ1) is 14.6. The van der Waals surface area contributed by atoms with E-state index < -0.39 is 23.8 Å². The first-order valence-corrected chi connectivity index (χ1v) is 5.11. The Labute approximate surface area is 102 Å². The summed E-state index contributed by atoms with van der Waals surface area (Å²) in [7, 11) is 2.59. The fourth-order valence-electron chi connectivity index (χ4n) is 1.83. The summed E-state index contributed by atoms with van der Waals surface area (Å²) in [5.74, 6) is -0.894. The average molecular weight is 265 g/mol. The summed E-state index contributed by atoms with van der Waals surface area (Å²) in [4.78, 5) is 11.5. The molecular weight excluding hydrogens is 251 g/mol. The third-order valence-electron chi connectivity index (χ3n) is 3.00. The van der Waals surface area contributed by atoms with Crippen molar-refractivity contribution < 1.29 is 27.8 Å². The number of alkyl halides is 3. The van der Waals surface area contributed by atoms with Crippen LogP contribution in [0, 0.1) is 13.8 Å². The SMILES string of the molecule is COC(=O)c1c([C@H](O)C(F)(F)F)c(C)n(C)c1C. The zero-order valence-corrected chi connectivity index (χ0v) is 10.4. The summed E-state index contributed by atoms with van der Waals surface area (Å²) >= 11 is 0. The molecule has 1 rings (SSSR count). The highest BCUT2D eigenvalue weighted by molar-refractivity contribution is 5.93. The second-order valence-corrected chi connectivity index (χ2v) is 3.95. The number of methoxy groups -OCH3 is 1. The van der Waals surface area contributed by atoms with Crippen molar-refractivity contribution in [2.75, 3.05) is 7.11 Å². The number of carbonyl (C=O) groups excluding carboxylic acids is 1. The van der Waals surface area contributed by atoms with Crippen LogP contribution in [0.5, 0.6) is 0 Å². The second kappa shape index (κ2) is 4.64. The highest BCUT2D eigenvalue weighted by atomic mass is 19.4. The lowest BCUT2D eigenvalue weighted by Crippen LogP contribution is -2.23. The summed E-state index contributed by atoms with van der Waals surface area (Å²) in [6, 6.07) is 0. The number of aliphatic hydroxyl groups excluding tert-OH is 1. The molecule has 1 aromatic heterocycles. The van der Waals surface area contributed by atoms with E-state index in [1.165, 1.54) is 25.5 Å². The third-order valence-corrected chi connectivity index (χ3v) is 3.00. The van der Waals surface area contributed by atoms with E-state index in [2.05, 4.69) is 4.74 Å². The van der Waals surface area contributed by atoms with Gasteiger partial charge in [-0.3, -0.25) is 0 Å². The second-order valence-electron chi connectivity index (χ2n) is 3.95. The number of aliphatic hydroxyl groups is 1. The summed E-state index contributed by atoms with van der Waals surface area (Å²) in [6.07, 6.45) is -7.53. The number of halogens is 3. The minimum atomic E-state index is -4.83. The molecular formula is C11H14F3NO3. The van der Waals surface area contributed by atoms with E-state index in [0.717, 1.165) is 7.11 Å². The van der Waals surface area contributed by atoms with Gasteiger partial charge in [0.2, 0.25) is 0 Å². The topological polar surface area (TPSA) is 51.5 Å². The van der Waals surface area contributed by atoms with Gasteiger partial charge in [-0.2, -0.15) is 13.2 Å². The molecule has 0 aliphatic carbocycles. The van der Waals surface area contributed by atoms with Crippen molar-refractivity contribution in [3.8, 4) is 0 Å². The fourth-order valence-corrected chi connectivity index (χ4v) is 1.83. The molecule has 0 spiro atoms. The van der Waals surface area contributed by atoms with Gasteiger partial charge in [-0.1, -0.05) is 0 Å². The van der Waals surface area contributed by atoms with Crippen LogP contribution in [0.3, 0.4) is 0 Å². The smallest absolute Gasteiger partial charge is 0.418 e. The highest BCUT2D eigenvalue weighted by Crippen LogP contribution is 2.38. The molecule has 1 N–H and O–H groups in total. The van der Waals surface area contributed by atoms with Crippen LogP contribution < -0.4 is 0 Å². The molecule has 4 nitrogen and oxygen atoms in total. The summed E-state index contributed by atoms with van der Waals surface area (Å²) in [5, 5.41) is 9.35. The van der Waals surface area contributed by atoms with Crippen molar-refractivity contribution in [1.29, 1.82) is 0 Å². The zero-order chi connectivity index (χ0) is 14.2. The van der Waals surface area contributed by atoms with Gasteiger partial charge < -0.3 is 14.4 Å². The van der Waals surface area contributed by atoms with E-state index in [1.54, 1.807) is 0 Å². The zero-order valence-electron chi connectivity index (χ0n) is 10.4. The Hall–Kier alpha value is -1.50. The van der Waals surface area contributed by atoms with Crippen molar-refractivity contribution in [3.63, 3.8) is 0 Å². The number of esters is 1. The molecule has 0 amide bonds. The average Bonchev–Trinajstić information content (AvgIpc) is 2.50. The van der Waals surface area contributed by atoms with Crippen LogP contribution in [0.1, 0.15) is 33.4 Å². The molecule has 0 unspecified atom stereocenters. The first-order chi connectivity index (χ1) is 8.12. The number of nitrogens with zero attached hydrogens (tertiary/aromatic N) is 1. The van der Waals surface area contributed by atoms with Crippen molar-refractivity contribution in [3.05, 3.63) is 22.5 Å². The molecule has 0 radical (unpaired) electrons. The lowest BCUT2D eigenvalue weighted by molar-refractivity contribution is -0.207. The molecule has 0 aliphatic rings. The van der Waals surface area contributed by atoms with E-state index in [-0.39, 0.29) is 11.3 Å². The lowest BCUT2D eigenvalue weighted by atomic mass is 10.0.